The molecule has 0 heterocycles. The molecular weight excluding hydrogens is 335 g/mol. The summed E-state index contributed by atoms with van der Waals surface area (Å²) < 4.78 is 0. The van der Waals surface area contributed by atoms with Gasteiger partial charge in [-0.3, -0.25) is 4.79 Å². The maximum Gasteiger partial charge on any atom is 0.262 e. The second-order valence-electron chi connectivity index (χ2n) is 4.66. The van der Waals surface area contributed by atoms with Crippen LogP contribution in [0.2, 0.25) is 10.0 Å². The van der Waals surface area contributed by atoms with Crippen molar-refractivity contribution in [2.45, 2.75) is 6.54 Å². The first-order chi connectivity index (χ1) is 11.0. The summed E-state index contributed by atoms with van der Waals surface area (Å²) in [6.07, 6.45) is 1.24. The number of nitrogens with one attached hydrogen (secondary N) is 1. The van der Waals surface area contributed by atoms with Gasteiger partial charge in [0, 0.05) is 17.1 Å². The van der Waals surface area contributed by atoms with E-state index >= 15 is 0 Å². The number of carbonyl (C=O) groups is 1. The molecule has 0 unspecified atom stereocenters. The van der Waals surface area contributed by atoms with Crippen molar-refractivity contribution >= 4 is 35.2 Å². The van der Waals surface area contributed by atoms with Crippen molar-refractivity contribution in [3.8, 4) is 11.8 Å². The summed E-state index contributed by atoms with van der Waals surface area (Å²) in [4.78, 5) is 12.1. The van der Waals surface area contributed by atoms with Gasteiger partial charge >= 0.3 is 0 Å². The van der Waals surface area contributed by atoms with E-state index in [0.717, 1.165) is 5.56 Å². The molecule has 1 amide bonds. The first-order valence-electron chi connectivity index (χ1n) is 6.63. The number of rotatable bonds is 4. The first kappa shape index (κ1) is 16.9. The van der Waals surface area contributed by atoms with E-state index in [-0.39, 0.29) is 21.9 Å². The number of aromatic hydroxyl groups is 1. The molecule has 0 saturated heterocycles. The van der Waals surface area contributed by atoms with Crippen molar-refractivity contribution in [2.75, 3.05) is 0 Å². The molecule has 0 aromatic heterocycles. The summed E-state index contributed by atoms with van der Waals surface area (Å²) in [6.45, 7) is 0.293. The molecule has 0 aliphatic heterocycles. The van der Waals surface area contributed by atoms with Crippen LogP contribution in [-0.4, -0.2) is 11.0 Å². The van der Waals surface area contributed by atoms with Gasteiger partial charge < -0.3 is 10.4 Å². The minimum Gasteiger partial charge on any atom is -0.506 e. The monoisotopic (exact) mass is 346 g/mol. The molecule has 0 aliphatic rings. The fourth-order valence-electron chi connectivity index (χ4n) is 1.87. The number of benzene rings is 2. The highest BCUT2D eigenvalue weighted by Crippen LogP contribution is 2.32. The van der Waals surface area contributed by atoms with E-state index in [2.05, 4.69) is 5.32 Å². The number of hydrogen-bond acceptors (Lipinski definition) is 3. The molecule has 0 radical (unpaired) electrons. The molecule has 6 heteroatoms. The molecule has 116 valence electrons. The Morgan fingerprint density at radius 2 is 1.96 bits per heavy atom. The Labute approximate surface area is 143 Å². The van der Waals surface area contributed by atoms with Crippen molar-refractivity contribution < 1.29 is 9.90 Å². The summed E-state index contributed by atoms with van der Waals surface area (Å²) in [5.74, 6) is -0.786. The Bertz CT molecular complexity index is 796. The standard InChI is InChI=1S/C17H12Cl2N2O2/c18-14-7-12(16(22)15(19)8-14)6-13(9-20)17(23)21-10-11-4-2-1-3-5-11/h1-8,22H,10H2,(H,21,23)/b13-6-. The van der Waals surface area contributed by atoms with Gasteiger partial charge in [0.05, 0.1) is 5.02 Å². The minimum absolute atomic E-state index is 0.0470. The van der Waals surface area contributed by atoms with Gasteiger partial charge in [-0.1, -0.05) is 53.5 Å². The fraction of sp³-hybridized carbons (Fsp3) is 0.0588. The maximum absolute atomic E-state index is 12.1. The Morgan fingerprint density at radius 1 is 1.26 bits per heavy atom. The number of phenols is 1. The second kappa shape index (κ2) is 7.68. The lowest BCUT2D eigenvalue weighted by Crippen LogP contribution is -2.23. The average molecular weight is 347 g/mol. The molecule has 0 saturated carbocycles. The van der Waals surface area contributed by atoms with Crippen LogP contribution < -0.4 is 5.32 Å². The number of nitrogens with zero attached hydrogens (tertiary/aromatic N) is 1. The Kier molecular flexibility index (Phi) is 5.64. The van der Waals surface area contributed by atoms with Crippen molar-refractivity contribution in [2.24, 2.45) is 0 Å². The van der Waals surface area contributed by atoms with Crippen LogP contribution in [0.3, 0.4) is 0 Å². The predicted molar refractivity (Wildman–Crippen MR) is 90.0 cm³/mol. The number of hydrogen-bond donors (Lipinski definition) is 2. The third-order valence-electron chi connectivity index (χ3n) is 3.02. The number of nitriles is 1. The molecule has 23 heavy (non-hydrogen) atoms. The molecule has 4 nitrogen and oxygen atoms in total. The van der Waals surface area contributed by atoms with Gasteiger partial charge in [0.1, 0.15) is 17.4 Å². The third-order valence-corrected chi connectivity index (χ3v) is 3.52. The zero-order valence-electron chi connectivity index (χ0n) is 11.9. The largest absolute Gasteiger partial charge is 0.506 e. The molecule has 0 bridgehead atoms. The first-order valence-corrected chi connectivity index (χ1v) is 7.39. The number of amides is 1. The van der Waals surface area contributed by atoms with Crippen LogP contribution in [0.5, 0.6) is 5.75 Å². The Morgan fingerprint density at radius 3 is 2.61 bits per heavy atom. The highest BCUT2D eigenvalue weighted by atomic mass is 35.5. The molecule has 0 fully saturated rings. The fourth-order valence-corrected chi connectivity index (χ4v) is 2.38. The van der Waals surface area contributed by atoms with Crippen molar-refractivity contribution in [3.63, 3.8) is 0 Å². The molecule has 0 spiro atoms. The number of carbonyl (C=O) groups excluding carboxylic acids is 1. The van der Waals surface area contributed by atoms with E-state index in [1.165, 1.54) is 18.2 Å². The van der Waals surface area contributed by atoms with Crippen LogP contribution in [0, 0.1) is 11.3 Å². The molecule has 2 aromatic rings. The zero-order valence-corrected chi connectivity index (χ0v) is 13.4. The van der Waals surface area contributed by atoms with Gasteiger partial charge in [-0.25, -0.2) is 0 Å². The van der Waals surface area contributed by atoms with Crippen LogP contribution in [-0.2, 0) is 11.3 Å². The third kappa shape index (κ3) is 4.49. The van der Waals surface area contributed by atoms with Gasteiger partial charge in [0.15, 0.2) is 0 Å². The van der Waals surface area contributed by atoms with Crippen LogP contribution in [0.15, 0.2) is 48.0 Å². The zero-order chi connectivity index (χ0) is 16.8. The molecule has 2 aromatic carbocycles. The number of phenolic OH excluding ortho intramolecular Hbond substituents is 1. The Hall–Kier alpha value is -2.48. The van der Waals surface area contributed by atoms with Gasteiger partial charge in [-0.05, 0) is 23.8 Å². The molecule has 2 N–H and O–H groups in total. The van der Waals surface area contributed by atoms with Gasteiger partial charge in [-0.2, -0.15) is 5.26 Å². The SMILES string of the molecule is N#C/C(=C/c1cc(Cl)cc(Cl)c1O)C(=O)NCc1ccccc1. The lowest BCUT2D eigenvalue weighted by Gasteiger charge is -2.06. The topological polar surface area (TPSA) is 73.1 Å². The second-order valence-corrected chi connectivity index (χ2v) is 5.51. The highest BCUT2D eigenvalue weighted by Gasteiger charge is 2.12. The Balaban J connectivity index is 2.19. The van der Waals surface area contributed by atoms with Crippen molar-refractivity contribution in [3.05, 3.63) is 69.2 Å². The van der Waals surface area contributed by atoms with Crippen LogP contribution in [0.1, 0.15) is 11.1 Å². The van der Waals surface area contributed by atoms with E-state index in [4.69, 9.17) is 28.5 Å². The van der Waals surface area contributed by atoms with Crippen LogP contribution >= 0.6 is 23.2 Å². The van der Waals surface area contributed by atoms with Crippen molar-refractivity contribution in [1.82, 2.24) is 5.32 Å². The molecule has 0 aliphatic carbocycles. The number of halogens is 2. The summed E-state index contributed by atoms with van der Waals surface area (Å²) in [5, 5.41) is 22.0. The molecule has 0 atom stereocenters. The van der Waals surface area contributed by atoms with Gasteiger partial charge in [0.2, 0.25) is 0 Å². The minimum atomic E-state index is -0.549. The van der Waals surface area contributed by atoms with Crippen molar-refractivity contribution in [1.29, 1.82) is 5.26 Å². The smallest absolute Gasteiger partial charge is 0.262 e. The van der Waals surface area contributed by atoms with E-state index in [9.17, 15) is 9.90 Å². The quantitative estimate of drug-likeness (QED) is 0.650. The summed E-state index contributed by atoms with van der Waals surface area (Å²) >= 11 is 11.7. The molecule has 2 rings (SSSR count). The van der Waals surface area contributed by atoms with Crippen LogP contribution in [0.4, 0.5) is 0 Å². The average Bonchev–Trinajstić information content (AvgIpc) is 2.55. The van der Waals surface area contributed by atoms with E-state index in [0.29, 0.717) is 11.6 Å². The van der Waals surface area contributed by atoms with E-state index < -0.39 is 5.91 Å². The summed E-state index contributed by atoms with van der Waals surface area (Å²) in [6, 6.07) is 13.9. The lowest BCUT2D eigenvalue weighted by molar-refractivity contribution is -0.117. The maximum atomic E-state index is 12.1. The van der Waals surface area contributed by atoms with E-state index in [1.807, 2.05) is 30.3 Å². The lowest BCUT2D eigenvalue weighted by atomic mass is 10.1. The predicted octanol–water partition coefficient (Wildman–Crippen LogP) is 3.92. The van der Waals surface area contributed by atoms with Gasteiger partial charge in [-0.15, -0.1) is 0 Å². The van der Waals surface area contributed by atoms with Crippen LogP contribution in [0.25, 0.3) is 6.08 Å². The normalized spacial score (nSPS) is 10.9. The summed E-state index contributed by atoms with van der Waals surface area (Å²) in [7, 11) is 0. The van der Waals surface area contributed by atoms with E-state index in [1.54, 1.807) is 6.07 Å². The highest BCUT2D eigenvalue weighted by molar-refractivity contribution is 6.35. The van der Waals surface area contributed by atoms with Gasteiger partial charge in [0.25, 0.3) is 5.91 Å². The molecular formula is C17H12Cl2N2O2. The summed E-state index contributed by atoms with van der Waals surface area (Å²) in [5.41, 5.74) is 0.954.